The molecule has 3 nitrogen and oxygen atoms in total. The van der Waals surface area contributed by atoms with Gasteiger partial charge >= 0.3 is 0 Å². The minimum absolute atomic E-state index is 0.926. The quantitative estimate of drug-likeness (QED) is 0.160. The highest BCUT2D eigenvalue weighted by molar-refractivity contribution is 6.30. The van der Waals surface area contributed by atoms with Crippen LogP contribution >= 0.6 is 0 Å². The van der Waals surface area contributed by atoms with E-state index in [1.165, 1.54) is 81.3 Å². The molecule has 0 aliphatic heterocycles. The number of benzene rings is 11. The first-order valence-corrected chi connectivity index (χ1v) is 22.1. The maximum atomic E-state index is 7.33. The van der Waals surface area contributed by atoms with Crippen molar-refractivity contribution in [1.82, 2.24) is 9.13 Å². The van der Waals surface area contributed by atoms with Gasteiger partial charge in [-0.1, -0.05) is 133 Å². The molecule has 0 fully saturated rings. The predicted molar refractivity (Wildman–Crippen MR) is 267 cm³/mol. The molecule has 0 atom stereocenters. The molecule has 11 aromatic carbocycles. The maximum absolute atomic E-state index is 7.33. The van der Waals surface area contributed by atoms with E-state index in [1.807, 2.05) is 0 Å². The third kappa shape index (κ3) is 4.38. The average Bonchev–Trinajstić information content (AvgIpc) is 4.02. The van der Waals surface area contributed by atoms with Crippen molar-refractivity contribution in [3.8, 4) is 11.4 Å². The summed E-state index contributed by atoms with van der Waals surface area (Å²) in [6.45, 7) is 0. The van der Waals surface area contributed by atoms with Gasteiger partial charge in [0, 0.05) is 32.9 Å². The number of aromatic nitrogens is 2. The van der Waals surface area contributed by atoms with E-state index < -0.39 is 0 Å². The van der Waals surface area contributed by atoms with Crippen molar-refractivity contribution in [3.05, 3.63) is 199 Å². The van der Waals surface area contributed by atoms with Crippen molar-refractivity contribution in [3.63, 3.8) is 0 Å². The molecule has 0 bridgehead atoms. The van der Waals surface area contributed by atoms with Crippen molar-refractivity contribution in [2.24, 2.45) is 0 Å². The number of rotatable bonds is 2. The first-order valence-electron chi connectivity index (χ1n) is 22.1. The highest BCUT2D eigenvalue weighted by Gasteiger charge is 2.24. The number of aryl methyl sites for hydroxylation is 1. The molecule has 0 saturated heterocycles. The van der Waals surface area contributed by atoms with Crippen molar-refractivity contribution < 1.29 is 4.42 Å². The Morgan fingerprint density at radius 1 is 0.333 bits per heavy atom. The van der Waals surface area contributed by atoms with Crippen LogP contribution in [-0.2, 0) is 6.42 Å². The molecule has 15 rings (SSSR count). The van der Waals surface area contributed by atoms with Crippen LogP contribution in [-0.4, -0.2) is 9.13 Å². The van der Waals surface area contributed by atoms with E-state index in [2.05, 4.69) is 203 Å². The van der Waals surface area contributed by atoms with Gasteiger partial charge in [0.2, 0.25) is 0 Å². The minimum atomic E-state index is 0.926. The zero-order valence-electron chi connectivity index (χ0n) is 34.2. The van der Waals surface area contributed by atoms with Gasteiger partial charge in [0.25, 0.3) is 0 Å². The second-order valence-electron chi connectivity index (χ2n) is 17.4. The summed E-state index contributed by atoms with van der Waals surface area (Å²) in [7, 11) is 0. The summed E-state index contributed by atoms with van der Waals surface area (Å²) in [5, 5.41) is 19.9. The molecular formula is C60H36N2O. The van der Waals surface area contributed by atoms with Gasteiger partial charge in [-0.05, 0) is 138 Å². The van der Waals surface area contributed by atoms with Gasteiger partial charge < -0.3 is 13.6 Å². The Labute approximate surface area is 360 Å². The smallest absolute Gasteiger partial charge is 0.145 e. The Bertz CT molecular complexity index is 4350. The minimum Gasteiger partial charge on any atom is -0.455 e. The maximum Gasteiger partial charge on any atom is 0.145 e. The van der Waals surface area contributed by atoms with E-state index in [0.717, 1.165) is 73.5 Å². The zero-order chi connectivity index (χ0) is 40.9. The van der Waals surface area contributed by atoms with E-state index >= 15 is 0 Å². The summed E-state index contributed by atoms with van der Waals surface area (Å²) >= 11 is 0. The lowest BCUT2D eigenvalue weighted by Gasteiger charge is -2.19. The highest BCUT2D eigenvalue weighted by Crippen LogP contribution is 2.46. The van der Waals surface area contributed by atoms with Gasteiger partial charge in [-0.25, -0.2) is 0 Å². The Hall–Kier alpha value is -8.14. The fourth-order valence-electron chi connectivity index (χ4n) is 11.7. The third-order valence-electron chi connectivity index (χ3n) is 14.3. The molecule has 0 unspecified atom stereocenters. The number of fused-ring (bicyclic) bond motifs is 23. The lowest BCUT2D eigenvalue weighted by Crippen LogP contribution is -1.99. The molecule has 0 N–H and O–H groups in total. The number of hydrogen-bond donors (Lipinski definition) is 0. The van der Waals surface area contributed by atoms with Crippen molar-refractivity contribution in [2.75, 3.05) is 0 Å². The van der Waals surface area contributed by atoms with Crippen LogP contribution in [0.15, 0.2) is 192 Å². The van der Waals surface area contributed by atoms with E-state index in [-0.39, 0.29) is 0 Å². The monoisotopic (exact) mass is 800 g/mol. The largest absolute Gasteiger partial charge is 0.455 e. The summed E-state index contributed by atoms with van der Waals surface area (Å²) in [6.07, 6.45) is 6.83. The molecule has 0 spiro atoms. The summed E-state index contributed by atoms with van der Waals surface area (Å²) in [5.74, 6) is 0. The van der Waals surface area contributed by atoms with Crippen LogP contribution in [0.1, 0.15) is 17.5 Å². The zero-order valence-corrected chi connectivity index (χ0v) is 34.2. The van der Waals surface area contributed by atoms with Gasteiger partial charge in [-0.15, -0.1) is 0 Å². The van der Waals surface area contributed by atoms with Crippen LogP contribution in [0.2, 0.25) is 0 Å². The highest BCUT2D eigenvalue weighted by atomic mass is 16.3. The van der Waals surface area contributed by atoms with Gasteiger partial charge in [-0.2, -0.15) is 0 Å². The van der Waals surface area contributed by atoms with Gasteiger partial charge in [0.15, 0.2) is 0 Å². The summed E-state index contributed by atoms with van der Waals surface area (Å²) in [5.41, 5.74) is 11.6. The molecular weight excluding hydrogens is 765 g/mol. The molecule has 0 amide bonds. The number of furan rings is 1. The Morgan fingerprint density at radius 2 is 0.746 bits per heavy atom. The standard InChI is InChI=1S/C60H36N2O/c1-3-17-41-37(13-1)39-15-5-7-19-43(39)51-33-35(25-27-45(41)51)61-53-23-11-9-21-49(53)57-55(61)31-29-47-48-30-32-56-58(60(48)63-59(47)57)50-22-10-12-24-54(50)62(56)36-26-28-46-42-18-4-2-14-38(42)40-16-6-8-20-44(40)52(46)34-36/h1-5,7-15,17-34H,6,16H2. The summed E-state index contributed by atoms with van der Waals surface area (Å²) in [6, 6.07) is 67.4. The second-order valence-corrected chi connectivity index (χ2v) is 17.4. The molecule has 1 aliphatic carbocycles. The number of hydrogen-bond acceptors (Lipinski definition) is 1. The van der Waals surface area contributed by atoms with E-state index in [1.54, 1.807) is 0 Å². The van der Waals surface area contributed by atoms with Crippen molar-refractivity contribution in [2.45, 2.75) is 12.8 Å². The number of para-hydroxylation sites is 2. The first-order chi connectivity index (χ1) is 31.3. The molecule has 1 aliphatic rings. The van der Waals surface area contributed by atoms with E-state index in [4.69, 9.17) is 4.42 Å². The molecule has 3 aromatic heterocycles. The SMILES string of the molecule is C1=Cc2c(c3ccccc3c3ccc(-n4c5ccccc5c5c6oc7c(ccc8c7c7ccccc7n8-c7ccc8c9ccccc9c9ccccc9c8c7)c6ccc54)cc23)CC1. The van der Waals surface area contributed by atoms with Crippen molar-refractivity contribution >= 4 is 125 Å². The van der Waals surface area contributed by atoms with Gasteiger partial charge in [0.1, 0.15) is 11.2 Å². The molecule has 3 heteroatoms. The number of allylic oxidation sites excluding steroid dienone is 1. The predicted octanol–water partition coefficient (Wildman–Crippen LogP) is 16.5. The molecule has 14 aromatic rings. The average molecular weight is 801 g/mol. The molecule has 0 radical (unpaired) electrons. The van der Waals surface area contributed by atoms with Crippen LogP contribution in [0.5, 0.6) is 0 Å². The molecule has 63 heavy (non-hydrogen) atoms. The summed E-state index contributed by atoms with van der Waals surface area (Å²) < 4.78 is 12.2. The van der Waals surface area contributed by atoms with E-state index in [9.17, 15) is 0 Å². The third-order valence-corrected chi connectivity index (χ3v) is 14.3. The number of nitrogens with zero attached hydrogens (tertiary/aromatic N) is 2. The lowest BCUT2D eigenvalue weighted by atomic mass is 9.86. The van der Waals surface area contributed by atoms with Gasteiger partial charge in [0.05, 0.1) is 32.8 Å². The Balaban J connectivity index is 0.992. The van der Waals surface area contributed by atoms with Crippen molar-refractivity contribution in [1.29, 1.82) is 0 Å². The second kappa shape index (κ2) is 12.2. The van der Waals surface area contributed by atoms with Gasteiger partial charge in [-0.3, -0.25) is 0 Å². The normalized spacial score (nSPS) is 13.2. The lowest BCUT2D eigenvalue weighted by molar-refractivity contribution is 0.677. The fourth-order valence-corrected chi connectivity index (χ4v) is 11.7. The Morgan fingerprint density at radius 3 is 1.30 bits per heavy atom. The van der Waals surface area contributed by atoms with Crippen LogP contribution in [0.4, 0.5) is 0 Å². The molecule has 3 heterocycles. The van der Waals surface area contributed by atoms with Crippen LogP contribution < -0.4 is 0 Å². The first kappa shape index (κ1) is 33.6. The molecule has 292 valence electrons. The molecule has 0 saturated carbocycles. The van der Waals surface area contributed by atoms with Crippen LogP contribution in [0, 0.1) is 0 Å². The van der Waals surface area contributed by atoms with Crippen LogP contribution in [0.3, 0.4) is 0 Å². The Kier molecular flexibility index (Phi) is 6.52. The summed E-state index contributed by atoms with van der Waals surface area (Å²) in [4.78, 5) is 0. The topological polar surface area (TPSA) is 23.0 Å². The van der Waals surface area contributed by atoms with E-state index in [0.29, 0.717) is 0 Å². The van der Waals surface area contributed by atoms with Crippen LogP contribution in [0.25, 0.3) is 137 Å². The fraction of sp³-hybridized carbons (Fsp3) is 0.0333.